The lowest BCUT2D eigenvalue weighted by Crippen LogP contribution is -2.43. The van der Waals surface area contributed by atoms with Crippen LogP contribution in [0.3, 0.4) is 0 Å². The third-order valence-electron chi connectivity index (χ3n) is 3.02. The van der Waals surface area contributed by atoms with Crippen molar-refractivity contribution in [2.24, 2.45) is 0 Å². The van der Waals surface area contributed by atoms with Crippen LogP contribution >= 0.6 is 0 Å². The Bertz CT molecular complexity index is 509. The number of hydrogen-bond donors (Lipinski definition) is 2. The Hall–Kier alpha value is -1.89. The molecule has 0 aromatic heterocycles. The molecule has 6 heteroatoms. The number of fused-ring (bicyclic) bond motifs is 1. The van der Waals surface area contributed by atoms with Gasteiger partial charge in [0.05, 0.1) is 12.7 Å². The molecule has 1 aromatic carbocycles. The molecular weight excluding hydrogens is 248 g/mol. The van der Waals surface area contributed by atoms with Crippen LogP contribution in [0.4, 0.5) is 5.69 Å². The number of nitrogens with one attached hydrogen (secondary N) is 2. The second-order valence-corrected chi connectivity index (χ2v) is 3.91. The van der Waals surface area contributed by atoms with Gasteiger partial charge in [0.25, 0.3) is 5.91 Å². The van der Waals surface area contributed by atoms with Crippen LogP contribution in [0.15, 0.2) is 36.0 Å². The van der Waals surface area contributed by atoms with E-state index in [-0.39, 0.29) is 5.57 Å². The first kappa shape index (κ1) is 13.5. The fourth-order valence-corrected chi connectivity index (χ4v) is 2.17. The zero-order valence-corrected chi connectivity index (χ0v) is 11.0. The van der Waals surface area contributed by atoms with Gasteiger partial charge < -0.3 is 14.8 Å². The third kappa shape index (κ3) is 2.10. The van der Waals surface area contributed by atoms with E-state index in [0.717, 1.165) is 11.3 Å². The Balaban J connectivity index is 2.52. The molecule has 0 spiro atoms. The topological polar surface area (TPSA) is 68.8 Å². The first-order chi connectivity index (χ1) is 9.19. The number of anilines is 1. The zero-order valence-electron chi connectivity index (χ0n) is 11.0. The molecule has 0 radical (unpaired) electrons. The highest BCUT2D eigenvalue weighted by Gasteiger charge is 2.44. The molecule has 2 rings (SSSR count). The van der Waals surface area contributed by atoms with Crippen molar-refractivity contribution >= 4 is 11.6 Å². The van der Waals surface area contributed by atoms with Crippen LogP contribution in [-0.4, -0.2) is 27.2 Å². The minimum atomic E-state index is -1.26. The summed E-state index contributed by atoms with van der Waals surface area (Å²) in [5, 5.41) is 3.04. The standard InChI is InChI=1S/C13H16N2O4/c1-17-13(18-2)9-6-4-5-7-11(9)14-8-10(13)12(16)15-19-3/h4-8,14H,1-3H3,(H,15,16). The van der Waals surface area contributed by atoms with Crippen molar-refractivity contribution in [3.63, 3.8) is 0 Å². The van der Waals surface area contributed by atoms with Gasteiger partial charge in [-0.15, -0.1) is 0 Å². The van der Waals surface area contributed by atoms with Gasteiger partial charge >= 0.3 is 0 Å². The first-order valence-corrected chi connectivity index (χ1v) is 5.70. The Morgan fingerprint density at radius 1 is 1.21 bits per heavy atom. The molecule has 0 bridgehead atoms. The molecule has 19 heavy (non-hydrogen) atoms. The minimum absolute atomic E-state index is 0.276. The summed E-state index contributed by atoms with van der Waals surface area (Å²) >= 11 is 0. The minimum Gasteiger partial charge on any atom is -0.361 e. The van der Waals surface area contributed by atoms with Crippen molar-refractivity contribution in [3.8, 4) is 0 Å². The highest BCUT2D eigenvalue weighted by atomic mass is 16.7. The number of carbonyl (C=O) groups excluding carboxylic acids is 1. The van der Waals surface area contributed by atoms with Gasteiger partial charge in [-0.1, -0.05) is 18.2 Å². The summed E-state index contributed by atoms with van der Waals surface area (Å²) in [4.78, 5) is 16.7. The summed E-state index contributed by atoms with van der Waals surface area (Å²) in [6, 6.07) is 7.45. The normalized spacial score (nSPS) is 16.1. The molecule has 0 atom stereocenters. The van der Waals surface area contributed by atoms with E-state index in [1.54, 1.807) is 6.20 Å². The largest absolute Gasteiger partial charge is 0.361 e. The number of para-hydroxylation sites is 1. The Kier molecular flexibility index (Phi) is 3.84. The number of ether oxygens (including phenoxy) is 2. The van der Waals surface area contributed by atoms with Crippen LogP contribution in [0.1, 0.15) is 5.56 Å². The molecule has 1 aliphatic heterocycles. The second kappa shape index (κ2) is 5.40. The zero-order chi connectivity index (χ0) is 13.9. The van der Waals surface area contributed by atoms with Crippen molar-refractivity contribution in [2.75, 3.05) is 26.6 Å². The molecule has 102 valence electrons. The molecule has 1 aliphatic rings. The van der Waals surface area contributed by atoms with E-state index in [9.17, 15) is 4.79 Å². The number of hydroxylamine groups is 1. The molecule has 1 amide bonds. The predicted octanol–water partition coefficient (Wildman–Crippen LogP) is 1.12. The van der Waals surface area contributed by atoms with Crippen molar-refractivity contribution in [1.82, 2.24) is 5.48 Å². The molecular formula is C13H16N2O4. The predicted molar refractivity (Wildman–Crippen MR) is 69.0 cm³/mol. The summed E-state index contributed by atoms with van der Waals surface area (Å²) in [5.74, 6) is -1.70. The number of carbonyl (C=O) groups is 1. The van der Waals surface area contributed by atoms with Gasteiger partial charge in [0.2, 0.25) is 5.79 Å². The molecule has 1 aromatic rings. The van der Waals surface area contributed by atoms with E-state index in [1.807, 2.05) is 24.3 Å². The SMILES string of the molecule is CONC(=O)C1=CNc2ccccc2C1(OC)OC. The van der Waals surface area contributed by atoms with Crippen molar-refractivity contribution in [3.05, 3.63) is 41.6 Å². The number of amides is 1. The monoisotopic (exact) mass is 264 g/mol. The van der Waals surface area contributed by atoms with E-state index in [1.165, 1.54) is 21.3 Å². The summed E-state index contributed by atoms with van der Waals surface area (Å²) in [5.41, 5.74) is 4.08. The van der Waals surface area contributed by atoms with Gasteiger partial charge in [0.1, 0.15) is 0 Å². The molecule has 0 unspecified atom stereocenters. The summed E-state index contributed by atoms with van der Waals surface area (Å²) < 4.78 is 11.0. The molecule has 0 aliphatic carbocycles. The second-order valence-electron chi connectivity index (χ2n) is 3.91. The molecule has 2 N–H and O–H groups in total. The van der Waals surface area contributed by atoms with Crippen LogP contribution in [0.2, 0.25) is 0 Å². The van der Waals surface area contributed by atoms with E-state index < -0.39 is 11.7 Å². The quantitative estimate of drug-likeness (QED) is 0.630. The lowest BCUT2D eigenvalue weighted by Gasteiger charge is -2.36. The summed E-state index contributed by atoms with van der Waals surface area (Å²) in [6.07, 6.45) is 1.55. The van der Waals surface area contributed by atoms with Crippen LogP contribution in [0.5, 0.6) is 0 Å². The van der Waals surface area contributed by atoms with Crippen LogP contribution in [0, 0.1) is 0 Å². The highest BCUT2D eigenvalue weighted by Crippen LogP contribution is 2.41. The first-order valence-electron chi connectivity index (χ1n) is 5.70. The van der Waals surface area contributed by atoms with E-state index in [2.05, 4.69) is 15.6 Å². The van der Waals surface area contributed by atoms with Gasteiger partial charge in [-0.3, -0.25) is 9.63 Å². The maximum atomic E-state index is 12.0. The van der Waals surface area contributed by atoms with Gasteiger partial charge in [-0.05, 0) is 6.07 Å². The summed E-state index contributed by atoms with van der Waals surface area (Å²) in [7, 11) is 4.34. The molecule has 0 saturated heterocycles. The Labute approximate surface area is 111 Å². The highest BCUT2D eigenvalue weighted by molar-refractivity contribution is 5.96. The van der Waals surface area contributed by atoms with Gasteiger partial charge in [-0.25, -0.2) is 5.48 Å². The fourth-order valence-electron chi connectivity index (χ4n) is 2.17. The maximum Gasteiger partial charge on any atom is 0.278 e. The lowest BCUT2D eigenvalue weighted by atomic mass is 9.92. The van der Waals surface area contributed by atoms with Gasteiger partial charge in [0, 0.05) is 31.7 Å². The van der Waals surface area contributed by atoms with E-state index in [0.29, 0.717) is 0 Å². The van der Waals surface area contributed by atoms with E-state index in [4.69, 9.17) is 9.47 Å². The van der Waals surface area contributed by atoms with Gasteiger partial charge in [0.15, 0.2) is 0 Å². The van der Waals surface area contributed by atoms with Crippen molar-refractivity contribution in [1.29, 1.82) is 0 Å². The summed E-state index contributed by atoms with van der Waals surface area (Å²) in [6.45, 7) is 0. The van der Waals surface area contributed by atoms with Crippen LogP contribution < -0.4 is 10.8 Å². The lowest BCUT2D eigenvalue weighted by molar-refractivity contribution is -0.191. The molecule has 1 heterocycles. The van der Waals surface area contributed by atoms with Crippen molar-refractivity contribution in [2.45, 2.75) is 5.79 Å². The number of benzene rings is 1. The van der Waals surface area contributed by atoms with E-state index >= 15 is 0 Å². The third-order valence-corrected chi connectivity index (χ3v) is 3.02. The van der Waals surface area contributed by atoms with Crippen LogP contribution in [0.25, 0.3) is 0 Å². The number of rotatable bonds is 4. The Morgan fingerprint density at radius 3 is 2.53 bits per heavy atom. The van der Waals surface area contributed by atoms with Gasteiger partial charge in [-0.2, -0.15) is 0 Å². The smallest absolute Gasteiger partial charge is 0.278 e. The average molecular weight is 264 g/mol. The maximum absolute atomic E-state index is 12.0. The molecule has 0 fully saturated rings. The molecule has 0 saturated carbocycles. The van der Waals surface area contributed by atoms with Crippen molar-refractivity contribution < 1.29 is 19.1 Å². The Morgan fingerprint density at radius 2 is 1.89 bits per heavy atom. The fraction of sp³-hybridized carbons (Fsp3) is 0.308. The molecule has 6 nitrogen and oxygen atoms in total. The van der Waals surface area contributed by atoms with Crippen LogP contribution in [-0.2, 0) is 24.9 Å². The number of methoxy groups -OCH3 is 2. The average Bonchev–Trinajstić information content (AvgIpc) is 2.46. The number of hydrogen-bond acceptors (Lipinski definition) is 5.